The molecule has 0 saturated carbocycles. The SMILES string of the molecule is COc1cc(C(N)=O)cc([N+](=O)[O-])c1NC/C=C/CNc1c(OCCC2CN(C(=O)OC(C)(C)C)C2)cc(C(N)=O)cc1[N+](=O)[O-]. The van der Waals surface area contributed by atoms with Crippen molar-refractivity contribution < 1.29 is 38.4 Å². The summed E-state index contributed by atoms with van der Waals surface area (Å²) in [5.74, 6) is -1.50. The molecule has 1 aliphatic heterocycles. The van der Waals surface area contributed by atoms with E-state index in [2.05, 4.69) is 10.6 Å². The second kappa shape index (κ2) is 14.9. The van der Waals surface area contributed by atoms with Crippen molar-refractivity contribution >= 4 is 40.7 Å². The zero-order valence-electron chi connectivity index (χ0n) is 25.9. The largest absolute Gasteiger partial charge is 0.494 e. The van der Waals surface area contributed by atoms with Crippen LogP contribution in [-0.4, -0.2) is 78.2 Å². The van der Waals surface area contributed by atoms with Crippen molar-refractivity contribution in [3.63, 3.8) is 0 Å². The van der Waals surface area contributed by atoms with Crippen LogP contribution in [0.2, 0.25) is 0 Å². The third-order valence-corrected chi connectivity index (χ3v) is 6.70. The van der Waals surface area contributed by atoms with Crippen molar-refractivity contribution in [1.29, 1.82) is 0 Å². The molecule has 2 aromatic rings. The zero-order chi connectivity index (χ0) is 34.2. The summed E-state index contributed by atoms with van der Waals surface area (Å²) in [4.78, 5) is 59.3. The quantitative estimate of drug-likeness (QED) is 0.124. The van der Waals surface area contributed by atoms with E-state index in [0.29, 0.717) is 19.5 Å². The Morgan fingerprint density at radius 3 is 1.83 bits per heavy atom. The monoisotopic (exact) mass is 643 g/mol. The Labute approximate surface area is 264 Å². The summed E-state index contributed by atoms with van der Waals surface area (Å²) < 4.78 is 16.4. The highest BCUT2D eigenvalue weighted by molar-refractivity contribution is 5.96. The van der Waals surface area contributed by atoms with E-state index in [9.17, 15) is 34.6 Å². The minimum absolute atomic E-state index is 0.0240. The molecule has 1 heterocycles. The van der Waals surface area contributed by atoms with Crippen LogP contribution >= 0.6 is 0 Å². The topological polar surface area (TPSA) is 245 Å². The summed E-state index contributed by atoms with van der Waals surface area (Å²) in [7, 11) is 1.29. The number of nitrogens with zero attached hydrogens (tertiary/aromatic N) is 3. The van der Waals surface area contributed by atoms with E-state index in [-0.39, 0.29) is 59.6 Å². The number of methoxy groups -OCH3 is 1. The molecule has 3 amide bonds. The maximum Gasteiger partial charge on any atom is 0.410 e. The van der Waals surface area contributed by atoms with E-state index >= 15 is 0 Å². The Morgan fingerprint density at radius 2 is 1.39 bits per heavy atom. The van der Waals surface area contributed by atoms with Gasteiger partial charge in [-0.1, -0.05) is 12.2 Å². The highest BCUT2D eigenvalue weighted by atomic mass is 16.6. The Bertz CT molecular complexity index is 1530. The first-order valence-electron chi connectivity index (χ1n) is 14.1. The van der Waals surface area contributed by atoms with Crippen LogP contribution < -0.4 is 31.6 Å². The summed E-state index contributed by atoms with van der Waals surface area (Å²) in [6, 6.07) is 4.69. The van der Waals surface area contributed by atoms with Crippen LogP contribution in [0.3, 0.4) is 0 Å². The molecule has 0 bridgehead atoms. The molecular weight excluding hydrogens is 606 g/mol. The van der Waals surface area contributed by atoms with Crippen LogP contribution in [0.1, 0.15) is 47.9 Å². The second-order valence-corrected chi connectivity index (χ2v) is 11.3. The maximum atomic E-state index is 12.2. The van der Waals surface area contributed by atoms with E-state index in [4.69, 9.17) is 25.7 Å². The fraction of sp³-hybridized carbons (Fsp3) is 0.414. The van der Waals surface area contributed by atoms with Gasteiger partial charge >= 0.3 is 6.09 Å². The van der Waals surface area contributed by atoms with Gasteiger partial charge in [-0.2, -0.15) is 0 Å². The van der Waals surface area contributed by atoms with Gasteiger partial charge in [0.05, 0.1) is 23.6 Å². The lowest BCUT2D eigenvalue weighted by Crippen LogP contribution is -2.51. The van der Waals surface area contributed by atoms with Gasteiger partial charge in [0.2, 0.25) is 11.8 Å². The number of nitro groups is 2. The molecule has 46 heavy (non-hydrogen) atoms. The van der Waals surface area contributed by atoms with Crippen LogP contribution in [-0.2, 0) is 4.74 Å². The molecule has 3 rings (SSSR count). The third kappa shape index (κ3) is 9.20. The van der Waals surface area contributed by atoms with Gasteiger partial charge in [-0.05, 0) is 45.2 Å². The Morgan fingerprint density at radius 1 is 0.913 bits per heavy atom. The van der Waals surface area contributed by atoms with Crippen molar-refractivity contribution in [2.24, 2.45) is 17.4 Å². The fourth-order valence-corrected chi connectivity index (χ4v) is 4.46. The number of rotatable bonds is 15. The van der Waals surface area contributed by atoms with Crippen molar-refractivity contribution in [3.8, 4) is 11.5 Å². The average molecular weight is 644 g/mol. The number of hydrogen-bond donors (Lipinski definition) is 4. The number of anilines is 2. The molecule has 248 valence electrons. The number of nitrogens with one attached hydrogen (secondary N) is 2. The highest BCUT2D eigenvalue weighted by Crippen LogP contribution is 2.37. The standard InChI is InChI=1S/C29H37N7O10/c1-29(2,3)46-28(39)34-15-17(16-34)7-10-45-23-14-19(27(31)38)12-21(36(42)43)25(23)33-9-6-5-8-32-24-20(35(40)41)11-18(26(30)37)13-22(24)44-4/h5-6,11-14,17,32-33H,7-10,15-16H2,1-4H3,(H2,30,37)(H2,31,38)/b6-5+. The van der Waals surface area contributed by atoms with Crippen LogP contribution in [0.25, 0.3) is 0 Å². The summed E-state index contributed by atoms with van der Waals surface area (Å²) in [5, 5.41) is 29.2. The number of carbonyl (C=O) groups is 3. The molecule has 1 aliphatic rings. The molecular formula is C29H37N7O10. The van der Waals surface area contributed by atoms with E-state index in [1.54, 1.807) is 37.8 Å². The molecule has 1 fully saturated rings. The van der Waals surface area contributed by atoms with Crippen LogP contribution in [0, 0.1) is 26.1 Å². The first-order chi connectivity index (χ1) is 21.6. The number of nitrogens with two attached hydrogens (primary N) is 2. The number of nitro benzene ring substituents is 2. The molecule has 0 atom stereocenters. The van der Waals surface area contributed by atoms with Crippen LogP contribution in [0.15, 0.2) is 36.4 Å². The normalized spacial score (nSPS) is 13.1. The Hall–Kier alpha value is -5.61. The molecule has 1 saturated heterocycles. The van der Waals surface area contributed by atoms with Gasteiger partial charge < -0.3 is 41.2 Å². The summed E-state index contributed by atoms with van der Waals surface area (Å²) in [6.45, 7) is 6.62. The molecule has 0 unspecified atom stereocenters. The summed E-state index contributed by atoms with van der Waals surface area (Å²) in [5.41, 5.74) is 9.07. The Balaban J connectivity index is 1.66. The van der Waals surface area contributed by atoms with Gasteiger partial charge in [0.1, 0.15) is 17.1 Å². The molecule has 2 aromatic carbocycles. The number of primary amides is 2. The first-order valence-corrected chi connectivity index (χ1v) is 14.1. The lowest BCUT2D eigenvalue weighted by Gasteiger charge is -2.39. The Kier molecular flexibility index (Phi) is 11.3. The lowest BCUT2D eigenvalue weighted by atomic mass is 9.97. The van der Waals surface area contributed by atoms with E-state index in [0.717, 1.165) is 12.1 Å². The lowest BCUT2D eigenvalue weighted by molar-refractivity contribution is -0.384. The number of benzene rings is 2. The van der Waals surface area contributed by atoms with Gasteiger partial charge in [-0.25, -0.2) is 4.79 Å². The molecule has 17 heteroatoms. The fourth-order valence-electron chi connectivity index (χ4n) is 4.46. The maximum absolute atomic E-state index is 12.2. The van der Waals surface area contributed by atoms with Gasteiger partial charge in [0.25, 0.3) is 11.4 Å². The second-order valence-electron chi connectivity index (χ2n) is 11.3. The predicted octanol–water partition coefficient (Wildman–Crippen LogP) is 3.43. The molecule has 6 N–H and O–H groups in total. The van der Waals surface area contributed by atoms with Crippen molar-refractivity contribution in [1.82, 2.24) is 4.90 Å². The van der Waals surface area contributed by atoms with Crippen LogP contribution in [0.5, 0.6) is 11.5 Å². The molecule has 17 nitrogen and oxygen atoms in total. The van der Waals surface area contributed by atoms with E-state index in [1.165, 1.54) is 19.2 Å². The van der Waals surface area contributed by atoms with Crippen molar-refractivity contribution in [2.45, 2.75) is 32.8 Å². The number of likely N-dealkylation sites (tertiary alicyclic amines) is 1. The minimum Gasteiger partial charge on any atom is -0.494 e. The molecule has 0 spiro atoms. The van der Waals surface area contributed by atoms with Gasteiger partial charge in [-0.15, -0.1) is 0 Å². The average Bonchev–Trinajstić information content (AvgIpc) is 2.94. The number of hydrogen-bond acceptors (Lipinski definition) is 12. The zero-order valence-corrected chi connectivity index (χ0v) is 25.9. The van der Waals surface area contributed by atoms with Gasteiger partial charge in [0, 0.05) is 49.4 Å². The summed E-state index contributed by atoms with van der Waals surface area (Å²) >= 11 is 0. The number of ether oxygens (including phenoxy) is 3. The molecule has 0 radical (unpaired) electrons. The van der Waals surface area contributed by atoms with Gasteiger partial charge in [0.15, 0.2) is 11.4 Å². The smallest absolute Gasteiger partial charge is 0.410 e. The van der Waals surface area contributed by atoms with Gasteiger partial charge in [-0.3, -0.25) is 29.8 Å². The predicted molar refractivity (Wildman–Crippen MR) is 167 cm³/mol. The van der Waals surface area contributed by atoms with Crippen molar-refractivity contribution in [2.75, 3.05) is 50.5 Å². The van der Waals surface area contributed by atoms with Crippen molar-refractivity contribution in [3.05, 3.63) is 67.8 Å². The third-order valence-electron chi connectivity index (χ3n) is 6.70. The molecule has 0 aromatic heterocycles. The summed E-state index contributed by atoms with van der Waals surface area (Å²) in [6.07, 6.45) is 3.35. The number of amides is 3. The van der Waals surface area contributed by atoms with Crippen LogP contribution in [0.4, 0.5) is 27.5 Å². The first kappa shape index (κ1) is 34.9. The van der Waals surface area contributed by atoms with E-state index in [1.807, 2.05) is 0 Å². The number of carbonyl (C=O) groups excluding carboxylic acids is 3. The highest BCUT2D eigenvalue weighted by Gasteiger charge is 2.33. The minimum atomic E-state index is -0.870. The van der Waals surface area contributed by atoms with E-state index < -0.39 is 44.7 Å². The molecule has 0 aliphatic carbocycles.